The SMILES string of the molecule is CN(C)N(Cc1ncccc1Cl)c1nc(N2CCOCC2)nc(N2CC[C@](C)(O)C2)c1N. The summed E-state index contributed by atoms with van der Waals surface area (Å²) >= 11 is 6.39. The number of halogens is 1. The molecule has 0 saturated carbocycles. The molecule has 32 heavy (non-hydrogen) atoms. The van der Waals surface area contributed by atoms with Crippen LogP contribution in [-0.2, 0) is 11.3 Å². The van der Waals surface area contributed by atoms with Crippen LogP contribution in [0.1, 0.15) is 19.0 Å². The minimum Gasteiger partial charge on any atom is -0.393 e. The highest BCUT2D eigenvalue weighted by atomic mass is 35.5. The second-order valence-corrected chi connectivity index (χ2v) is 9.10. The molecule has 2 aromatic rings. The molecule has 0 radical (unpaired) electrons. The number of anilines is 4. The molecule has 1 atom stereocenters. The maximum atomic E-state index is 10.5. The second kappa shape index (κ2) is 9.22. The van der Waals surface area contributed by atoms with Crippen LogP contribution in [0.25, 0.3) is 0 Å². The molecule has 2 aliphatic rings. The van der Waals surface area contributed by atoms with Crippen molar-refractivity contribution in [3.8, 4) is 0 Å². The Morgan fingerprint density at radius 3 is 2.59 bits per heavy atom. The van der Waals surface area contributed by atoms with Crippen molar-refractivity contribution in [3.63, 3.8) is 0 Å². The average Bonchev–Trinajstić information content (AvgIpc) is 3.13. The van der Waals surface area contributed by atoms with E-state index in [2.05, 4.69) is 9.88 Å². The Kier molecular flexibility index (Phi) is 6.57. The zero-order valence-electron chi connectivity index (χ0n) is 18.8. The van der Waals surface area contributed by atoms with Crippen LogP contribution in [0.2, 0.25) is 5.02 Å². The van der Waals surface area contributed by atoms with Gasteiger partial charge in [-0.1, -0.05) is 11.6 Å². The summed E-state index contributed by atoms with van der Waals surface area (Å²) < 4.78 is 5.50. The minimum atomic E-state index is -0.778. The number of pyridine rings is 1. The molecule has 2 aromatic heterocycles. The summed E-state index contributed by atoms with van der Waals surface area (Å²) in [6.07, 6.45) is 2.37. The first-order chi connectivity index (χ1) is 15.2. The van der Waals surface area contributed by atoms with E-state index in [-0.39, 0.29) is 0 Å². The Morgan fingerprint density at radius 2 is 1.97 bits per heavy atom. The van der Waals surface area contributed by atoms with Crippen molar-refractivity contribution in [3.05, 3.63) is 29.0 Å². The number of β-amino-alcohol motifs (C(OH)–C–C–N with tert-alkyl or cyclic N) is 1. The molecule has 0 aromatic carbocycles. The molecule has 4 rings (SSSR count). The largest absolute Gasteiger partial charge is 0.393 e. The number of rotatable bonds is 6. The third-order valence-electron chi connectivity index (χ3n) is 5.80. The van der Waals surface area contributed by atoms with Gasteiger partial charge in [0.05, 0.1) is 36.1 Å². The van der Waals surface area contributed by atoms with Gasteiger partial charge in [0.1, 0.15) is 5.69 Å². The van der Waals surface area contributed by atoms with E-state index in [1.54, 1.807) is 12.3 Å². The van der Waals surface area contributed by atoms with Crippen molar-refractivity contribution in [1.82, 2.24) is 20.0 Å². The molecule has 2 aliphatic heterocycles. The molecule has 10 nitrogen and oxygen atoms in total. The van der Waals surface area contributed by atoms with Crippen molar-refractivity contribution < 1.29 is 9.84 Å². The van der Waals surface area contributed by atoms with Crippen molar-refractivity contribution in [2.24, 2.45) is 0 Å². The molecular formula is C21H31ClN8O2. The Balaban J connectivity index is 1.77. The lowest BCUT2D eigenvalue weighted by molar-refractivity contribution is 0.0839. The fraction of sp³-hybridized carbons (Fsp3) is 0.571. The van der Waals surface area contributed by atoms with Crippen LogP contribution in [0.3, 0.4) is 0 Å². The summed E-state index contributed by atoms with van der Waals surface area (Å²) in [4.78, 5) is 18.3. The van der Waals surface area contributed by atoms with Gasteiger partial charge in [0, 0.05) is 46.5 Å². The van der Waals surface area contributed by atoms with E-state index >= 15 is 0 Å². The number of aromatic nitrogens is 3. The number of hydrogen-bond acceptors (Lipinski definition) is 10. The Hall–Kier alpha value is -2.40. The quantitative estimate of drug-likeness (QED) is 0.611. The van der Waals surface area contributed by atoms with Gasteiger partial charge < -0.3 is 25.4 Å². The molecule has 4 heterocycles. The highest BCUT2D eigenvalue weighted by Gasteiger charge is 2.35. The summed E-state index contributed by atoms with van der Waals surface area (Å²) in [5, 5.41) is 15.0. The van der Waals surface area contributed by atoms with Crippen molar-refractivity contribution in [1.29, 1.82) is 0 Å². The zero-order chi connectivity index (χ0) is 22.9. The molecule has 11 heteroatoms. The lowest BCUT2D eigenvalue weighted by atomic mass is 10.1. The zero-order valence-corrected chi connectivity index (χ0v) is 19.6. The van der Waals surface area contributed by atoms with E-state index in [4.69, 9.17) is 32.0 Å². The van der Waals surface area contributed by atoms with Crippen LogP contribution in [-0.4, -0.2) is 84.2 Å². The minimum absolute atomic E-state index is 0.396. The maximum absolute atomic E-state index is 10.5. The van der Waals surface area contributed by atoms with Crippen molar-refractivity contribution in [2.45, 2.75) is 25.5 Å². The van der Waals surface area contributed by atoms with Gasteiger partial charge in [-0.15, -0.1) is 0 Å². The third kappa shape index (κ3) is 4.83. The Labute approximate surface area is 193 Å². The first-order valence-corrected chi connectivity index (χ1v) is 11.1. The van der Waals surface area contributed by atoms with Gasteiger partial charge in [0.2, 0.25) is 5.95 Å². The Morgan fingerprint density at radius 1 is 1.22 bits per heavy atom. The standard InChI is InChI=1S/C21H31ClN8O2/c1-21(31)6-8-29(14-21)18-17(23)19(26-20(25-18)28-9-11-32-12-10-28)30(27(2)3)13-16-15(22)5-4-7-24-16/h4-5,7,31H,6,8-14,23H2,1-3H3/t21-/m0/s1. The number of ether oxygens (including phenoxy) is 1. The van der Waals surface area contributed by atoms with Crippen LogP contribution in [0.15, 0.2) is 18.3 Å². The van der Waals surface area contributed by atoms with E-state index in [0.717, 1.165) is 5.69 Å². The topological polar surface area (TPSA) is 107 Å². The van der Waals surface area contributed by atoms with E-state index in [0.29, 0.717) is 80.7 Å². The first kappa shape index (κ1) is 22.8. The number of morpholine rings is 1. The van der Waals surface area contributed by atoms with E-state index < -0.39 is 5.60 Å². The molecule has 3 N–H and O–H groups in total. The summed E-state index contributed by atoms with van der Waals surface area (Å²) in [6, 6.07) is 3.62. The molecule has 2 saturated heterocycles. The second-order valence-electron chi connectivity index (χ2n) is 8.69. The summed E-state index contributed by atoms with van der Waals surface area (Å²) in [6.45, 7) is 6.02. The molecule has 0 amide bonds. The smallest absolute Gasteiger partial charge is 0.229 e. The lowest BCUT2D eigenvalue weighted by Crippen LogP contribution is -2.41. The number of nitrogens with zero attached hydrogens (tertiary/aromatic N) is 7. The molecule has 2 fully saturated rings. The predicted octanol–water partition coefficient (Wildman–Crippen LogP) is 1.39. The van der Waals surface area contributed by atoms with Gasteiger partial charge in [-0.3, -0.25) is 9.99 Å². The van der Waals surface area contributed by atoms with Gasteiger partial charge in [0.25, 0.3) is 0 Å². The first-order valence-electron chi connectivity index (χ1n) is 10.8. The van der Waals surface area contributed by atoms with Crippen molar-refractivity contribution >= 4 is 34.9 Å². The molecule has 0 spiro atoms. The number of hydrogen-bond donors (Lipinski definition) is 2. The van der Waals surface area contributed by atoms with Gasteiger partial charge in [0.15, 0.2) is 11.6 Å². The number of aliphatic hydroxyl groups is 1. The van der Waals surface area contributed by atoms with Crippen LogP contribution >= 0.6 is 11.6 Å². The van der Waals surface area contributed by atoms with Crippen LogP contribution in [0.4, 0.5) is 23.3 Å². The van der Waals surface area contributed by atoms with E-state index in [9.17, 15) is 5.11 Å². The third-order valence-corrected chi connectivity index (χ3v) is 6.14. The normalized spacial score (nSPS) is 21.4. The Bertz CT molecular complexity index is 951. The fourth-order valence-corrected chi connectivity index (χ4v) is 4.17. The molecule has 0 aliphatic carbocycles. The number of nitrogen functional groups attached to an aromatic ring is 1. The monoisotopic (exact) mass is 462 g/mol. The molecule has 174 valence electrons. The van der Waals surface area contributed by atoms with Gasteiger partial charge in [-0.05, 0) is 25.5 Å². The van der Waals surface area contributed by atoms with E-state index in [1.807, 2.05) is 42.0 Å². The van der Waals surface area contributed by atoms with Crippen LogP contribution < -0.4 is 20.5 Å². The van der Waals surface area contributed by atoms with Crippen molar-refractivity contribution in [2.75, 3.05) is 74.0 Å². The lowest BCUT2D eigenvalue weighted by Gasteiger charge is -2.34. The average molecular weight is 463 g/mol. The predicted molar refractivity (Wildman–Crippen MR) is 126 cm³/mol. The van der Waals surface area contributed by atoms with Crippen LogP contribution in [0, 0.1) is 0 Å². The molecule has 0 bridgehead atoms. The maximum Gasteiger partial charge on any atom is 0.229 e. The summed E-state index contributed by atoms with van der Waals surface area (Å²) in [7, 11) is 3.85. The fourth-order valence-electron chi connectivity index (χ4n) is 3.99. The number of hydrazine groups is 1. The summed E-state index contributed by atoms with van der Waals surface area (Å²) in [5.41, 5.74) is 7.07. The van der Waals surface area contributed by atoms with E-state index in [1.165, 1.54) is 0 Å². The van der Waals surface area contributed by atoms with Crippen LogP contribution in [0.5, 0.6) is 0 Å². The number of nitrogens with two attached hydrogens (primary N) is 1. The van der Waals surface area contributed by atoms with Gasteiger partial charge >= 0.3 is 0 Å². The highest BCUT2D eigenvalue weighted by Crippen LogP contribution is 2.37. The molecular weight excluding hydrogens is 432 g/mol. The molecule has 0 unspecified atom stereocenters. The van der Waals surface area contributed by atoms with Gasteiger partial charge in [-0.2, -0.15) is 9.97 Å². The highest BCUT2D eigenvalue weighted by molar-refractivity contribution is 6.31. The summed E-state index contributed by atoms with van der Waals surface area (Å²) in [5.74, 6) is 1.81. The van der Waals surface area contributed by atoms with Gasteiger partial charge in [-0.25, -0.2) is 5.01 Å².